The van der Waals surface area contributed by atoms with Gasteiger partial charge < -0.3 is 5.11 Å². The van der Waals surface area contributed by atoms with E-state index in [0.717, 1.165) is 12.1 Å². The average Bonchev–Trinajstić information content (AvgIpc) is 2.30. The Balaban J connectivity index is 2.73. The molecule has 0 spiro atoms. The fraction of sp³-hybridized carbons (Fsp3) is 0.778. The molecular formula is C9H15NO2. The van der Waals surface area contributed by atoms with Crippen LogP contribution in [-0.4, -0.2) is 22.8 Å². The second-order valence-electron chi connectivity index (χ2n) is 4.22. The number of aliphatic carboxylic acids is 1. The number of carboxylic acids is 1. The summed E-state index contributed by atoms with van der Waals surface area (Å²) in [7, 11) is 0. The third-order valence-corrected chi connectivity index (χ3v) is 2.12. The highest BCUT2D eigenvalue weighted by Crippen LogP contribution is 2.26. The fourth-order valence-corrected chi connectivity index (χ4v) is 1.34. The highest BCUT2D eigenvalue weighted by Gasteiger charge is 2.29. The summed E-state index contributed by atoms with van der Waals surface area (Å²) < 4.78 is 0. The Morgan fingerprint density at radius 2 is 2.17 bits per heavy atom. The lowest BCUT2D eigenvalue weighted by Crippen LogP contribution is -2.18. The monoisotopic (exact) mass is 169 g/mol. The van der Waals surface area contributed by atoms with Crippen LogP contribution in [0.2, 0.25) is 0 Å². The van der Waals surface area contributed by atoms with Gasteiger partial charge in [-0.05, 0) is 18.3 Å². The Kier molecular flexibility index (Phi) is 2.22. The van der Waals surface area contributed by atoms with Crippen molar-refractivity contribution >= 4 is 11.7 Å². The molecule has 0 amide bonds. The number of carbonyl (C=O) groups is 1. The number of nitrogens with zero attached hydrogens (tertiary/aromatic N) is 1. The smallest absolute Gasteiger partial charge is 0.328 e. The van der Waals surface area contributed by atoms with Crippen molar-refractivity contribution in [2.24, 2.45) is 10.4 Å². The summed E-state index contributed by atoms with van der Waals surface area (Å²) in [4.78, 5) is 14.7. The molecule has 0 radical (unpaired) electrons. The third-order valence-electron chi connectivity index (χ3n) is 2.12. The van der Waals surface area contributed by atoms with Crippen molar-refractivity contribution in [3.8, 4) is 0 Å². The molecule has 3 heteroatoms. The Morgan fingerprint density at radius 1 is 1.58 bits per heavy atom. The van der Waals surface area contributed by atoms with Crippen LogP contribution in [0.5, 0.6) is 0 Å². The van der Waals surface area contributed by atoms with Crippen molar-refractivity contribution in [1.29, 1.82) is 0 Å². The standard InChI is InChI=1S/C9H15NO2/c1-9(2,3)7-5-4-6(10-7)8(11)12/h6H,4-5H2,1-3H3,(H,11,12)/t6-/m1/s1. The van der Waals surface area contributed by atoms with Gasteiger partial charge >= 0.3 is 5.97 Å². The van der Waals surface area contributed by atoms with Crippen LogP contribution in [0.1, 0.15) is 33.6 Å². The van der Waals surface area contributed by atoms with E-state index in [2.05, 4.69) is 25.8 Å². The molecule has 0 aromatic heterocycles. The lowest BCUT2D eigenvalue weighted by molar-refractivity contribution is -0.138. The average molecular weight is 169 g/mol. The molecule has 0 bridgehead atoms. The van der Waals surface area contributed by atoms with Crippen LogP contribution in [0.15, 0.2) is 4.99 Å². The van der Waals surface area contributed by atoms with Gasteiger partial charge in [-0.15, -0.1) is 0 Å². The molecule has 0 fully saturated rings. The minimum absolute atomic E-state index is 0.0319. The zero-order valence-electron chi connectivity index (χ0n) is 7.79. The Bertz CT molecular complexity index is 225. The number of hydrogen-bond donors (Lipinski definition) is 1. The first-order valence-electron chi connectivity index (χ1n) is 4.21. The lowest BCUT2D eigenvalue weighted by Gasteiger charge is -2.17. The van der Waals surface area contributed by atoms with Crippen molar-refractivity contribution in [2.75, 3.05) is 0 Å². The number of rotatable bonds is 1. The van der Waals surface area contributed by atoms with E-state index in [9.17, 15) is 4.79 Å². The molecule has 0 saturated heterocycles. The molecular weight excluding hydrogens is 154 g/mol. The van der Waals surface area contributed by atoms with E-state index in [-0.39, 0.29) is 5.41 Å². The minimum Gasteiger partial charge on any atom is -0.480 e. The Morgan fingerprint density at radius 3 is 2.42 bits per heavy atom. The van der Waals surface area contributed by atoms with Crippen LogP contribution in [0, 0.1) is 5.41 Å². The van der Waals surface area contributed by atoms with Crippen molar-refractivity contribution in [3.63, 3.8) is 0 Å². The van der Waals surface area contributed by atoms with E-state index < -0.39 is 12.0 Å². The first kappa shape index (κ1) is 9.23. The predicted octanol–water partition coefficient (Wildman–Crippen LogP) is 1.72. The van der Waals surface area contributed by atoms with Crippen LogP contribution in [0.25, 0.3) is 0 Å². The minimum atomic E-state index is -0.797. The molecule has 0 aromatic rings. The summed E-state index contributed by atoms with van der Waals surface area (Å²) in [5.74, 6) is -0.797. The van der Waals surface area contributed by atoms with Crippen LogP contribution < -0.4 is 0 Å². The SMILES string of the molecule is CC(C)(C)C1=N[C@@H](C(=O)O)CC1. The van der Waals surface area contributed by atoms with Crippen molar-refractivity contribution in [2.45, 2.75) is 39.7 Å². The summed E-state index contributed by atoms with van der Waals surface area (Å²) in [6.07, 6.45) is 1.50. The van der Waals surface area contributed by atoms with Crippen LogP contribution >= 0.6 is 0 Å². The van der Waals surface area contributed by atoms with E-state index >= 15 is 0 Å². The van der Waals surface area contributed by atoms with Gasteiger partial charge in [-0.2, -0.15) is 0 Å². The van der Waals surface area contributed by atoms with Gasteiger partial charge in [0.25, 0.3) is 0 Å². The number of aliphatic imine (C=N–C) groups is 1. The first-order valence-corrected chi connectivity index (χ1v) is 4.21. The van der Waals surface area contributed by atoms with Gasteiger partial charge in [-0.3, -0.25) is 4.99 Å². The van der Waals surface area contributed by atoms with Gasteiger partial charge in [0.2, 0.25) is 0 Å². The molecule has 1 N–H and O–H groups in total. The zero-order valence-corrected chi connectivity index (χ0v) is 7.79. The van der Waals surface area contributed by atoms with Crippen LogP contribution in [0.3, 0.4) is 0 Å². The summed E-state index contributed by atoms with van der Waals surface area (Å²) >= 11 is 0. The van der Waals surface area contributed by atoms with Crippen molar-refractivity contribution in [3.05, 3.63) is 0 Å². The summed E-state index contributed by atoms with van der Waals surface area (Å²) in [6, 6.07) is -0.487. The maximum absolute atomic E-state index is 10.6. The molecule has 0 aliphatic carbocycles. The molecule has 1 aliphatic heterocycles. The molecule has 0 unspecified atom stereocenters. The van der Waals surface area contributed by atoms with Gasteiger partial charge in [-0.1, -0.05) is 20.8 Å². The van der Waals surface area contributed by atoms with Crippen molar-refractivity contribution in [1.82, 2.24) is 0 Å². The highest BCUT2D eigenvalue weighted by molar-refractivity contribution is 5.94. The Labute approximate surface area is 72.5 Å². The third kappa shape index (κ3) is 1.84. The molecule has 3 nitrogen and oxygen atoms in total. The van der Waals surface area contributed by atoms with Gasteiger partial charge in [0.15, 0.2) is 0 Å². The zero-order chi connectivity index (χ0) is 9.35. The molecule has 1 heterocycles. The molecule has 68 valence electrons. The second kappa shape index (κ2) is 2.88. The molecule has 1 rings (SSSR count). The normalized spacial score (nSPS) is 23.9. The predicted molar refractivity (Wildman–Crippen MR) is 47.5 cm³/mol. The quantitative estimate of drug-likeness (QED) is 0.649. The maximum Gasteiger partial charge on any atom is 0.328 e. The summed E-state index contributed by atoms with van der Waals surface area (Å²) in [5, 5.41) is 8.69. The first-order chi connectivity index (χ1) is 5.41. The number of hydrogen-bond acceptors (Lipinski definition) is 2. The van der Waals surface area contributed by atoms with E-state index in [1.54, 1.807) is 0 Å². The molecule has 1 aliphatic rings. The largest absolute Gasteiger partial charge is 0.480 e. The molecule has 0 saturated carbocycles. The van der Waals surface area contributed by atoms with E-state index in [4.69, 9.17) is 5.11 Å². The van der Waals surface area contributed by atoms with Crippen LogP contribution in [-0.2, 0) is 4.79 Å². The summed E-state index contributed by atoms with van der Waals surface area (Å²) in [6.45, 7) is 6.20. The number of carboxylic acid groups (broad SMARTS) is 1. The van der Waals surface area contributed by atoms with Gasteiger partial charge in [0, 0.05) is 5.71 Å². The van der Waals surface area contributed by atoms with E-state index in [1.807, 2.05) is 0 Å². The van der Waals surface area contributed by atoms with Crippen LogP contribution in [0.4, 0.5) is 0 Å². The molecule has 12 heavy (non-hydrogen) atoms. The van der Waals surface area contributed by atoms with Crippen molar-refractivity contribution < 1.29 is 9.90 Å². The lowest BCUT2D eigenvalue weighted by atomic mass is 9.88. The maximum atomic E-state index is 10.6. The summed E-state index contributed by atoms with van der Waals surface area (Å²) in [5.41, 5.74) is 1.07. The molecule has 0 aromatic carbocycles. The van der Waals surface area contributed by atoms with E-state index in [1.165, 1.54) is 0 Å². The van der Waals surface area contributed by atoms with E-state index in [0.29, 0.717) is 6.42 Å². The molecule has 1 atom stereocenters. The van der Waals surface area contributed by atoms with Gasteiger partial charge in [0.1, 0.15) is 6.04 Å². The topological polar surface area (TPSA) is 49.7 Å². The highest BCUT2D eigenvalue weighted by atomic mass is 16.4. The Hall–Kier alpha value is -0.860. The van der Waals surface area contributed by atoms with Gasteiger partial charge in [-0.25, -0.2) is 4.79 Å². The van der Waals surface area contributed by atoms with Gasteiger partial charge in [0.05, 0.1) is 0 Å². The fourth-order valence-electron chi connectivity index (χ4n) is 1.34. The second-order valence-corrected chi connectivity index (χ2v) is 4.22.